The molecule has 0 bridgehead atoms. The summed E-state index contributed by atoms with van der Waals surface area (Å²) in [5.41, 5.74) is 6.56. The Bertz CT molecular complexity index is 2230. The molecular weight excluding hydrogens is 775 g/mol. The highest BCUT2D eigenvalue weighted by Gasteiger charge is 2.37. The maximum atomic E-state index is 13.7. The number of ether oxygens (including phenoxy) is 3. The fraction of sp³-hybridized carbons (Fsp3) is 0.404. The first-order chi connectivity index (χ1) is 29.4. The Balaban J connectivity index is 1.14. The molecule has 61 heavy (non-hydrogen) atoms. The van der Waals surface area contributed by atoms with Crippen molar-refractivity contribution in [2.24, 2.45) is 17.8 Å². The van der Waals surface area contributed by atoms with Crippen LogP contribution in [0.25, 0.3) is 33.6 Å². The van der Waals surface area contributed by atoms with E-state index in [1.165, 1.54) is 14.2 Å². The molecular formula is C47H57N7O7. The van der Waals surface area contributed by atoms with Crippen LogP contribution in [0, 0.1) is 17.8 Å². The molecule has 4 N–H and O–H groups in total. The number of benzene rings is 3. The van der Waals surface area contributed by atoms with Gasteiger partial charge in [0.15, 0.2) is 0 Å². The largest absolute Gasteiger partial charge is 0.469 e. The van der Waals surface area contributed by atoms with E-state index in [1.807, 2.05) is 89.2 Å². The molecule has 3 amide bonds. The minimum atomic E-state index is -0.698. The molecule has 5 aromatic rings. The summed E-state index contributed by atoms with van der Waals surface area (Å²) in [6.45, 7) is 10.4. The summed E-state index contributed by atoms with van der Waals surface area (Å²) in [4.78, 5) is 69.4. The second-order valence-corrected chi connectivity index (χ2v) is 16.2. The van der Waals surface area contributed by atoms with Crippen LogP contribution in [0.1, 0.15) is 83.2 Å². The zero-order chi connectivity index (χ0) is 43.6. The number of amides is 3. The number of nitrogens with one attached hydrogen (secondary N) is 4. The van der Waals surface area contributed by atoms with Gasteiger partial charge in [0, 0.05) is 6.54 Å². The maximum Gasteiger partial charge on any atom is 0.407 e. The number of aromatic nitrogens is 4. The summed E-state index contributed by atoms with van der Waals surface area (Å²) in [5.74, 6) is -0.429. The maximum absolute atomic E-state index is 13.7. The Kier molecular flexibility index (Phi) is 14.7. The van der Waals surface area contributed by atoms with Crippen molar-refractivity contribution in [1.29, 1.82) is 0 Å². The number of H-pyrrole nitrogens is 2. The number of likely N-dealkylation sites (tertiary alicyclic amines) is 1. The smallest absolute Gasteiger partial charge is 0.407 e. The first-order valence-corrected chi connectivity index (χ1v) is 20.9. The summed E-state index contributed by atoms with van der Waals surface area (Å²) >= 11 is 0. The van der Waals surface area contributed by atoms with Crippen LogP contribution in [0.5, 0.6) is 0 Å². The number of carbonyl (C=O) groups excluding carboxylic acids is 4. The van der Waals surface area contributed by atoms with E-state index < -0.39 is 36.2 Å². The van der Waals surface area contributed by atoms with Crippen molar-refractivity contribution >= 4 is 23.9 Å². The second-order valence-electron chi connectivity index (χ2n) is 16.2. The van der Waals surface area contributed by atoms with Gasteiger partial charge < -0.3 is 39.7 Å². The van der Waals surface area contributed by atoms with Crippen LogP contribution in [0.4, 0.5) is 4.79 Å². The van der Waals surface area contributed by atoms with Gasteiger partial charge in [-0.25, -0.2) is 14.8 Å². The molecule has 322 valence electrons. The van der Waals surface area contributed by atoms with Crippen molar-refractivity contribution in [3.63, 3.8) is 0 Å². The van der Waals surface area contributed by atoms with Crippen molar-refractivity contribution in [3.05, 3.63) is 108 Å². The highest BCUT2D eigenvalue weighted by Crippen LogP contribution is 2.34. The van der Waals surface area contributed by atoms with Crippen LogP contribution >= 0.6 is 0 Å². The minimum absolute atomic E-state index is 0.0316. The quantitative estimate of drug-likeness (QED) is 0.0681. The lowest BCUT2D eigenvalue weighted by Crippen LogP contribution is -2.51. The standard InChI is InChI=1S/C47H57N7O7/c1-28(2)36(24-40(55)59-6)45(56)52-42(30(5)61-27-31-12-9-8-10-13-31)44-49-26-38(51-44)35-21-17-33(18-22-35)32-15-19-34(20-16-32)37-25-48-43(50-37)39-14-11-23-54(39)46(57)41(29(3)4)53-47(58)60-7/h8-10,12-13,15-22,25-26,28-30,36,39,41-42H,11,14,23-24,27H2,1-7H3,(H,48,50)(H,49,51)(H,52,56)(H,53,58)/t30-,36+,39+,41+,42+/m1/s1. The van der Waals surface area contributed by atoms with Gasteiger partial charge in [0.25, 0.3) is 0 Å². The van der Waals surface area contributed by atoms with Crippen LogP contribution in [0.15, 0.2) is 91.3 Å². The van der Waals surface area contributed by atoms with E-state index in [1.54, 1.807) is 17.3 Å². The Hall–Kier alpha value is -6.28. The second kappa shape index (κ2) is 20.3. The third-order valence-electron chi connectivity index (χ3n) is 11.3. The van der Waals surface area contributed by atoms with E-state index in [0.717, 1.165) is 52.0 Å². The van der Waals surface area contributed by atoms with E-state index in [-0.39, 0.29) is 36.1 Å². The Labute approximate surface area is 357 Å². The molecule has 0 unspecified atom stereocenters. The Morgan fingerprint density at radius 1 is 0.754 bits per heavy atom. The third kappa shape index (κ3) is 10.9. The van der Waals surface area contributed by atoms with Gasteiger partial charge in [0.05, 0.1) is 69.1 Å². The third-order valence-corrected chi connectivity index (χ3v) is 11.3. The lowest BCUT2D eigenvalue weighted by molar-refractivity contribution is -0.145. The van der Waals surface area contributed by atoms with Crippen molar-refractivity contribution < 1.29 is 33.4 Å². The van der Waals surface area contributed by atoms with Crippen LogP contribution in [-0.4, -0.2) is 81.6 Å². The van der Waals surface area contributed by atoms with Crippen molar-refractivity contribution in [2.75, 3.05) is 20.8 Å². The van der Waals surface area contributed by atoms with Gasteiger partial charge >= 0.3 is 12.1 Å². The summed E-state index contributed by atoms with van der Waals surface area (Å²) < 4.78 is 15.9. The van der Waals surface area contributed by atoms with Gasteiger partial charge in [0.1, 0.15) is 23.7 Å². The molecule has 1 aliphatic heterocycles. The predicted molar refractivity (Wildman–Crippen MR) is 231 cm³/mol. The van der Waals surface area contributed by atoms with Gasteiger partial charge in [-0.05, 0) is 59.4 Å². The minimum Gasteiger partial charge on any atom is -0.469 e. The number of nitrogens with zero attached hydrogens (tertiary/aromatic N) is 3. The molecule has 3 aromatic carbocycles. The predicted octanol–water partition coefficient (Wildman–Crippen LogP) is 7.78. The van der Waals surface area contributed by atoms with Crippen LogP contribution in [-0.2, 0) is 35.2 Å². The van der Waals surface area contributed by atoms with E-state index in [0.29, 0.717) is 24.8 Å². The monoisotopic (exact) mass is 831 g/mol. The number of imidazole rings is 2. The van der Waals surface area contributed by atoms with Crippen molar-refractivity contribution in [3.8, 4) is 33.6 Å². The van der Waals surface area contributed by atoms with Crippen LogP contribution < -0.4 is 10.6 Å². The number of hydrogen-bond acceptors (Lipinski definition) is 9. The Morgan fingerprint density at radius 3 is 1.95 bits per heavy atom. The van der Waals surface area contributed by atoms with Gasteiger partial charge in [-0.3, -0.25) is 14.4 Å². The number of hydrogen-bond donors (Lipinski definition) is 4. The van der Waals surface area contributed by atoms with E-state index in [2.05, 4.69) is 49.9 Å². The highest BCUT2D eigenvalue weighted by molar-refractivity contribution is 5.86. The lowest BCUT2D eigenvalue weighted by atomic mass is 9.91. The molecule has 0 radical (unpaired) electrons. The molecule has 0 aliphatic carbocycles. The molecule has 0 saturated carbocycles. The zero-order valence-electron chi connectivity index (χ0n) is 35.9. The molecule has 1 aliphatic rings. The Morgan fingerprint density at radius 2 is 1.36 bits per heavy atom. The number of alkyl carbamates (subject to hydrolysis) is 1. The fourth-order valence-electron chi connectivity index (χ4n) is 7.63. The number of aromatic amines is 2. The van der Waals surface area contributed by atoms with E-state index in [9.17, 15) is 19.2 Å². The molecule has 5 atom stereocenters. The zero-order valence-corrected chi connectivity index (χ0v) is 35.9. The van der Waals surface area contributed by atoms with Gasteiger partial charge in [-0.2, -0.15) is 0 Å². The van der Waals surface area contributed by atoms with E-state index >= 15 is 0 Å². The van der Waals surface area contributed by atoms with Gasteiger partial charge in [-0.1, -0.05) is 107 Å². The average molecular weight is 832 g/mol. The van der Waals surface area contributed by atoms with Crippen molar-refractivity contribution in [2.45, 2.75) is 84.7 Å². The summed E-state index contributed by atoms with van der Waals surface area (Å²) in [6, 6.07) is 24.6. The topological polar surface area (TPSA) is 181 Å². The molecule has 14 heteroatoms. The van der Waals surface area contributed by atoms with Gasteiger partial charge in [0.2, 0.25) is 11.8 Å². The number of esters is 1. The normalized spacial score (nSPS) is 15.9. The number of methoxy groups -OCH3 is 2. The molecule has 0 spiro atoms. The van der Waals surface area contributed by atoms with E-state index in [4.69, 9.17) is 19.2 Å². The molecule has 3 heterocycles. The molecule has 14 nitrogen and oxygen atoms in total. The summed E-state index contributed by atoms with van der Waals surface area (Å²) in [7, 11) is 2.61. The van der Waals surface area contributed by atoms with Crippen LogP contribution in [0.3, 0.4) is 0 Å². The molecule has 1 fully saturated rings. The number of rotatable bonds is 17. The fourth-order valence-corrected chi connectivity index (χ4v) is 7.63. The van der Waals surface area contributed by atoms with Crippen LogP contribution in [0.2, 0.25) is 0 Å². The molecule has 6 rings (SSSR count). The van der Waals surface area contributed by atoms with Crippen molar-refractivity contribution in [1.82, 2.24) is 35.5 Å². The SMILES string of the molecule is COC(=O)C[C@H](C(=O)N[C@H](c1ncc(-c2ccc(-c3ccc(-c4cnc([C@@H]5CCCN5C(=O)[C@@H](NC(=O)OC)C(C)C)[nH]4)cc3)cc2)[nH]1)[C@@H](C)OCc1ccccc1)C(C)C. The molecule has 2 aromatic heterocycles. The van der Waals surface area contributed by atoms with Gasteiger partial charge in [-0.15, -0.1) is 0 Å². The summed E-state index contributed by atoms with van der Waals surface area (Å²) in [5, 5.41) is 5.82. The average Bonchev–Trinajstić information content (AvgIpc) is 4.08. The first-order valence-electron chi connectivity index (χ1n) is 20.9. The lowest BCUT2D eigenvalue weighted by Gasteiger charge is -2.30. The molecule has 1 saturated heterocycles. The first kappa shape index (κ1) is 44.3. The highest BCUT2D eigenvalue weighted by atomic mass is 16.5. The summed E-state index contributed by atoms with van der Waals surface area (Å²) in [6.07, 6.45) is 4.02. The number of carbonyl (C=O) groups is 4.